The molecule has 29 heavy (non-hydrogen) atoms. The minimum atomic E-state index is -1.36. The second-order valence-electron chi connectivity index (χ2n) is 7.10. The predicted octanol–water partition coefficient (Wildman–Crippen LogP) is 3.29. The van der Waals surface area contributed by atoms with Crippen LogP contribution >= 0.6 is 0 Å². The Balaban J connectivity index is 2.48. The normalized spacial score (nSPS) is 11.2. The first kappa shape index (κ1) is 22.7. The SMILES string of the molecule is CCOCCOC(=O)C(OC)(c1ccc(N(C)C)cc1)c1ccc(N(C)C)cc1. The average Bonchev–Trinajstić information content (AvgIpc) is 2.73. The lowest BCUT2D eigenvalue weighted by Crippen LogP contribution is -2.41. The van der Waals surface area contributed by atoms with Crippen LogP contribution in [-0.2, 0) is 24.6 Å². The Morgan fingerprint density at radius 3 is 1.62 bits per heavy atom. The standard InChI is InChI=1S/C23H32N2O4/c1-7-28-16-17-29-22(26)23(27-6,18-8-12-20(13-9-18)24(2)3)19-10-14-21(15-11-19)25(4)5/h8-15H,7,16-17H2,1-6H3. The topological polar surface area (TPSA) is 51.2 Å². The predicted molar refractivity (Wildman–Crippen MR) is 117 cm³/mol. The zero-order valence-corrected chi connectivity index (χ0v) is 18.3. The molecular weight excluding hydrogens is 368 g/mol. The smallest absolute Gasteiger partial charge is 0.347 e. The van der Waals surface area contributed by atoms with Crippen LogP contribution in [0.5, 0.6) is 0 Å². The molecule has 6 heteroatoms. The van der Waals surface area contributed by atoms with Crippen LogP contribution in [0.3, 0.4) is 0 Å². The molecule has 0 bridgehead atoms. The Kier molecular flexibility index (Phi) is 8.05. The number of rotatable bonds is 10. The second kappa shape index (κ2) is 10.3. The zero-order chi connectivity index (χ0) is 21.4. The van der Waals surface area contributed by atoms with Crippen molar-refractivity contribution in [3.05, 3.63) is 59.7 Å². The van der Waals surface area contributed by atoms with E-state index in [0.29, 0.717) is 24.3 Å². The summed E-state index contributed by atoms with van der Waals surface area (Å²) in [6.45, 7) is 3.00. The third-order valence-corrected chi connectivity index (χ3v) is 4.84. The summed E-state index contributed by atoms with van der Waals surface area (Å²) in [5.41, 5.74) is 2.13. The van der Waals surface area contributed by atoms with Crippen LogP contribution < -0.4 is 9.80 Å². The van der Waals surface area contributed by atoms with Crippen LogP contribution in [-0.4, -0.2) is 61.1 Å². The second-order valence-corrected chi connectivity index (χ2v) is 7.10. The van der Waals surface area contributed by atoms with Crippen LogP contribution in [0.2, 0.25) is 0 Å². The summed E-state index contributed by atoms with van der Waals surface area (Å²) in [5, 5.41) is 0. The highest BCUT2D eigenvalue weighted by atomic mass is 16.6. The van der Waals surface area contributed by atoms with Crippen molar-refractivity contribution in [3.63, 3.8) is 0 Å². The molecule has 0 aliphatic carbocycles. The van der Waals surface area contributed by atoms with E-state index in [1.54, 1.807) is 0 Å². The van der Waals surface area contributed by atoms with E-state index in [2.05, 4.69) is 0 Å². The fourth-order valence-electron chi connectivity index (χ4n) is 3.15. The molecule has 2 aromatic rings. The van der Waals surface area contributed by atoms with Gasteiger partial charge in [-0.1, -0.05) is 24.3 Å². The summed E-state index contributed by atoms with van der Waals surface area (Å²) < 4.78 is 16.7. The molecule has 0 aromatic heterocycles. The van der Waals surface area contributed by atoms with Crippen LogP contribution in [0.1, 0.15) is 18.1 Å². The van der Waals surface area contributed by atoms with Crippen LogP contribution in [0.15, 0.2) is 48.5 Å². The largest absolute Gasteiger partial charge is 0.461 e. The molecular formula is C23H32N2O4. The maximum absolute atomic E-state index is 13.3. The van der Waals surface area contributed by atoms with E-state index in [-0.39, 0.29) is 6.61 Å². The molecule has 0 N–H and O–H groups in total. The van der Waals surface area contributed by atoms with Gasteiger partial charge in [-0.15, -0.1) is 0 Å². The van der Waals surface area contributed by atoms with Crippen LogP contribution in [0, 0.1) is 0 Å². The fraction of sp³-hybridized carbons (Fsp3) is 0.435. The Morgan fingerprint density at radius 2 is 1.28 bits per heavy atom. The van der Waals surface area contributed by atoms with Gasteiger partial charge in [0.05, 0.1) is 6.61 Å². The molecule has 0 saturated carbocycles. The van der Waals surface area contributed by atoms with Gasteiger partial charge in [0.25, 0.3) is 0 Å². The van der Waals surface area contributed by atoms with Crippen LogP contribution in [0.4, 0.5) is 11.4 Å². The van der Waals surface area contributed by atoms with Gasteiger partial charge in [-0.25, -0.2) is 4.79 Å². The number of ether oxygens (including phenoxy) is 3. The summed E-state index contributed by atoms with van der Waals surface area (Å²) in [6, 6.07) is 15.5. The van der Waals surface area contributed by atoms with Crippen molar-refractivity contribution in [2.75, 3.05) is 64.9 Å². The first-order valence-corrected chi connectivity index (χ1v) is 9.72. The monoisotopic (exact) mass is 400 g/mol. The summed E-state index contributed by atoms with van der Waals surface area (Å²) in [4.78, 5) is 17.3. The molecule has 0 aliphatic rings. The molecule has 158 valence electrons. The van der Waals surface area contributed by atoms with Crippen molar-refractivity contribution in [1.82, 2.24) is 0 Å². The van der Waals surface area contributed by atoms with E-state index in [9.17, 15) is 4.79 Å². The van der Waals surface area contributed by atoms with Crippen LogP contribution in [0.25, 0.3) is 0 Å². The molecule has 6 nitrogen and oxygen atoms in total. The quantitative estimate of drug-likeness (QED) is 0.451. The third-order valence-electron chi connectivity index (χ3n) is 4.84. The number of nitrogens with zero attached hydrogens (tertiary/aromatic N) is 2. The Hall–Kier alpha value is -2.57. The van der Waals surface area contributed by atoms with Gasteiger partial charge < -0.3 is 24.0 Å². The maximum Gasteiger partial charge on any atom is 0.347 e. The highest BCUT2D eigenvalue weighted by molar-refractivity contribution is 5.86. The van der Waals surface area contributed by atoms with Crippen molar-refractivity contribution >= 4 is 17.3 Å². The van der Waals surface area contributed by atoms with E-state index < -0.39 is 11.6 Å². The summed E-state index contributed by atoms with van der Waals surface area (Å²) in [5.74, 6) is -0.463. The lowest BCUT2D eigenvalue weighted by Gasteiger charge is -2.32. The molecule has 0 fully saturated rings. The Morgan fingerprint density at radius 1 is 0.828 bits per heavy atom. The number of esters is 1. The number of benzene rings is 2. The highest BCUT2D eigenvalue weighted by Gasteiger charge is 2.44. The number of carbonyl (C=O) groups excluding carboxylic acids is 1. The summed E-state index contributed by atoms with van der Waals surface area (Å²) in [6.07, 6.45) is 0. The summed E-state index contributed by atoms with van der Waals surface area (Å²) in [7, 11) is 9.42. The van der Waals surface area contributed by atoms with E-state index in [4.69, 9.17) is 14.2 Å². The van der Waals surface area contributed by atoms with Crippen molar-refractivity contribution < 1.29 is 19.0 Å². The maximum atomic E-state index is 13.3. The lowest BCUT2D eigenvalue weighted by molar-refractivity contribution is -0.166. The number of hydrogen-bond donors (Lipinski definition) is 0. The highest BCUT2D eigenvalue weighted by Crippen LogP contribution is 2.36. The summed E-state index contributed by atoms with van der Waals surface area (Å²) >= 11 is 0. The lowest BCUT2D eigenvalue weighted by atomic mass is 9.85. The van der Waals surface area contributed by atoms with Crippen molar-refractivity contribution in [2.45, 2.75) is 12.5 Å². The average molecular weight is 401 g/mol. The van der Waals surface area contributed by atoms with E-state index >= 15 is 0 Å². The molecule has 0 radical (unpaired) electrons. The molecule has 2 aromatic carbocycles. The van der Waals surface area contributed by atoms with E-state index in [0.717, 1.165) is 11.4 Å². The van der Waals surface area contributed by atoms with Gasteiger partial charge >= 0.3 is 5.97 Å². The van der Waals surface area contributed by atoms with Crippen molar-refractivity contribution in [3.8, 4) is 0 Å². The first-order valence-electron chi connectivity index (χ1n) is 9.72. The third kappa shape index (κ3) is 5.08. The molecule has 0 amide bonds. The van der Waals surface area contributed by atoms with Gasteiger partial charge in [-0.2, -0.15) is 0 Å². The van der Waals surface area contributed by atoms with Gasteiger partial charge in [0, 0.05) is 53.3 Å². The van der Waals surface area contributed by atoms with E-state index in [1.165, 1.54) is 7.11 Å². The van der Waals surface area contributed by atoms with Gasteiger partial charge in [0.2, 0.25) is 5.60 Å². The molecule has 0 spiro atoms. The molecule has 0 unspecified atom stereocenters. The first-order chi connectivity index (χ1) is 13.9. The Bertz CT molecular complexity index is 719. The van der Waals surface area contributed by atoms with E-state index in [1.807, 2.05) is 93.4 Å². The molecule has 2 rings (SSSR count). The molecule has 0 heterocycles. The van der Waals surface area contributed by atoms with Gasteiger partial charge in [0.15, 0.2) is 0 Å². The van der Waals surface area contributed by atoms with Crippen molar-refractivity contribution in [1.29, 1.82) is 0 Å². The minimum Gasteiger partial charge on any atom is -0.461 e. The number of hydrogen-bond acceptors (Lipinski definition) is 6. The number of anilines is 2. The fourth-order valence-corrected chi connectivity index (χ4v) is 3.15. The van der Waals surface area contributed by atoms with Gasteiger partial charge in [0.1, 0.15) is 6.61 Å². The zero-order valence-electron chi connectivity index (χ0n) is 18.3. The molecule has 0 atom stereocenters. The number of carbonyl (C=O) groups is 1. The number of methoxy groups -OCH3 is 1. The molecule has 0 aliphatic heterocycles. The minimum absolute atomic E-state index is 0.170. The molecule has 0 saturated heterocycles. The van der Waals surface area contributed by atoms with Gasteiger partial charge in [-0.05, 0) is 42.3 Å². The van der Waals surface area contributed by atoms with Crippen molar-refractivity contribution in [2.24, 2.45) is 0 Å². The van der Waals surface area contributed by atoms with Gasteiger partial charge in [-0.3, -0.25) is 0 Å². The Labute approximate surface area is 174 Å².